The van der Waals surface area contributed by atoms with Gasteiger partial charge in [-0.2, -0.15) is 0 Å². The highest BCUT2D eigenvalue weighted by molar-refractivity contribution is 5.69. The molecule has 1 aromatic rings. The third kappa shape index (κ3) is 1.61. The van der Waals surface area contributed by atoms with Crippen LogP contribution in [0.4, 0.5) is 5.69 Å². The number of nitrogens with zero attached hydrogens (tertiary/aromatic N) is 1. The van der Waals surface area contributed by atoms with Crippen molar-refractivity contribution in [2.75, 3.05) is 25.1 Å². The normalized spacial score (nSPS) is 17.9. The molecule has 0 aliphatic carbocycles. The van der Waals surface area contributed by atoms with E-state index in [0.29, 0.717) is 0 Å². The van der Waals surface area contributed by atoms with Crippen molar-refractivity contribution in [3.05, 3.63) is 22.8 Å². The maximum Gasteiger partial charge on any atom is 0.129 e. The molecule has 2 heterocycles. The SMILES string of the molecule is COc1c(CO)cc2c3c1CCCN3CCC2. The number of aliphatic hydroxyl groups is 1. The van der Waals surface area contributed by atoms with Crippen LogP contribution in [0.15, 0.2) is 6.07 Å². The minimum Gasteiger partial charge on any atom is -0.496 e. The molecule has 0 atom stereocenters. The van der Waals surface area contributed by atoms with E-state index >= 15 is 0 Å². The average Bonchev–Trinajstić information content (AvgIpc) is 2.39. The van der Waals surface area contributed by atoms with Gasteiger partial charge in [-0.15, -0.1) is 0 Å². The lowest BCUT2D eigenvalue weighted by Crippen LogP contribution is -2.34. The molecule has 1 aromatic carbocycles. The minimum absolute atomic E-state index is 0.0729. The number of aliphatic hydroxyl groups excluding tert-OH is 1. The Morgan fingerprint density at radius 1 is 1.29 bits per heavy atom. The molecule has 3 rings (SSSR count). The van der Waals surface area contributed by atoms with Gasteiger partial charge in [-0.25, -0.2) is 0 Å². The van der Waals surface area contributed by atoms with Crippen molar-refractivity contribution >= 4 is 5.69 Å². The molecule has 92 valence electrons. The van der Waals surface area contributed by atoms with E-state index in [-0.39, 0.29) is 6.61 Å². The lowest BCUT2D eigenvalue weighted by atomic mass is 9.89. The summed E-state index contributed by atoms with van der Waals surface area (Å²) in [5.74, 6) is 0.915. The van der Waals surface area contributed by atoms with Crippen LogP contribution in [0.5, 0.6) is 5.75 Å². The molecule has 0 amide bonds. The Kier molecular flexibility index (Phi) is 2.71. The Morgan fingerprint density at radius 3 is 2.76 bits per heavy atom. The van der Waals surface area contributed by atoms with Gasteiger partial charge in [0.15, 0.2) is 0 Å². The van der Waals surface area contributed by atoms with Crippen LogP contribution in [-0.2, 0) is 19.4 Å². The predicted octanol–water partition coefficient (Wildman–Crippen LogP) is 1.89. The van der Waals surface area contributed by atoms with Crippen LogP contribution < -0.4 is 9.64 Å². The summed E-state index contributed by atoms with van der Waals surface area (Å²) in [4.78, 5) is 2.49. The van der Waals surface area contributed by atoms with Crippen LogP contribution in [-0.4, -0.2) is 25.3 Å². The molecule has 0 spiro atoms. The number of anilines is 1. The molecule has 0 fully saturated rings. The fourth-order valence-corrected chi connectivity index (χ4v) is 3.27. The molecule has 1 N–H and O–H groups in total. The number of aryl methyl sites for hydroxylation is 1. The first kappa shape index (κ1) is 10.9. The highest BCUT2D eigenvalue weighted by Crippen LogP contribution is 2.42. The van der Waals surface area contributed by atoms with Crippen molar-refractivity contribution < 1.29 is 9.84 Å². The zero-order valence-corrected chi connectivity index (χ0v) is 10.3. The van der Waals surface area contributed by atoms with Crippen LogP contribution in [0.25, 0.3) is 0 Å². The molecule has 0 aromatic heterocycles. The molecular formula is C14H19NO2. The number of hydrogen-bond donors (Lipinski definition) is 1. The molecule has 2 aliphatic rings. The second-order valence-electron chi connectivity index (χ2n) is 4.91. The Bertz CT molecular complexity index is 440. The summed E-state index contributed by atoms with van der Waals surface area (Å²) in [6.07, 6.45) is 4.63. The van der Waals surface area contributed by atoms with Crippen LogP contribution in [0.3, 0.4) is 0 Å². The van der Waals surface area contributed by atoms with E-state index in [1.807, 2.05) is 0 Å². The van der Waals surface area contributed by atoms with Crippen molar-refractivity contribution in [3.8, 4) is 5.75 Å². The molecule has 0 saturated heterocycles. The number of hydrogen-bond acceptors (Lipinski definition) is 3. The highest BCUT2D eigenvalue weighted by atomic mass is 16.5. The summed E-state index contributed by atoms with van der Waals surface area (Å²) in [5.41, 5.74) is 5.07. The summed E-state index contributed by atoms with van der Waals surface area (Å²) in [5, 5.41) is 9.46. The number of ether oxygens (including phenoxy) is 1. The average molecular weight is 233 g/mol. The Hall–Kier alpha value is -1.22. The van der Waals surface area contributed by atoms with Crippen molar-refractivity contribution in [1.82, 2.24) is 0 Å². The zero-order valence-electron chi connectivity index (χ0n) is 10.3. The minimum atomic E-state index is 0.0729. The molecule has 17 heavy (non-hydrogen) atoms. The molecule has 3 nitrogen and oxygen atoms in total. The molecule has 0 radical (unpaired) electrons. The maximum absolute atomic E-state index is 9.46. The summed E-state index contributed by atoms with van der Waals surface area (Å²) in [6.45, 7) is 2.41. The van der Waals surface area contributed by atoms with Crippen molar-refractivity contribution in [2.24, 2.45) is 0 Å². The maximum atomic E-state index is 9.46. The molecule has 3 heteroatoms. The molecule has 2 aliphatic heterocycles. The number of rotatable bonds is 2. The van der Waals surface area contributed by atoms with E-state index in [4.69, 9.17) is 4.74 Å². The Labute approximate surface area is 102 Å². The van der Waals surface area contributed by atoms with Gasteiger partial charge in [0.05, 0.1) is 13.7 Å². The second kappa shape index (κ2) is 4.22. The Morgan fingerprint density at radius 2 is 2.06 bits per heavy atom. The van der Waals surface area contributed by atoms with Gasteiger partial charge in [0.25, 0.3) is 0 Å². The van der Waals surface area contributed by atoms with E-state index in [1.54, 1.807) is 7.11 Å². The topological polar surface area (TPSA) is 32.7 Å². The first-order chi connectivity index (χ1) is 8.35. The fourth-order valence-electron chi connectivity index (χ4n) is 3.27. The van der Waals surface area contributed by atoms with Gasteiger partial charge in [0.2, 0.25) is 0 Å². The van der Waals surface area contributed by atoms with E-state index in [1.165, 1.54) is 42.7 Å². The van der Waals surface area contributed by atoms with Gasteiger partial charge >= 0.3 is 0 Å². The third-order valence-corrected chi connectivity index (χ3v) is 3.92. The molecule has 0 bridgehead atoms. The Balaban J connectivity index is 2.22. The first-order valence-electron chi connectivity index (χ1n) is 6.42. The van der Waals surface area contributed by atoms with E-state index in [9.17, 15) is 5.11 Å². The van der Waals surface area contributed by atoms with Crippen LogP contribution in [0.1, 0.15) is 29.5 Å². The number of benzene rings is 1. The van der Waals surface area contributed by atoms with E-state index in [2.05, 4.69) is 11.0 Å². The summed E-state index contributed by atoms with van der Waals surface area (Å²) < 4.78 is 5.52. The summed E-state index contributed by atoms with van der Waals surface area (Å²) in [6, 6.07) is 2.13. The van der Waals surface area contributed by atoms with E-state index < -0.39 is 0 Å². The van der Waals surface area contributed by atoms with Crippen LogP contribution in [0, 0.1) is 0 Å². The summed E-state index contributed by atoms with van der Waals surface area (Å²) in [7, 11) is 1.71. The number of methoxy groups -OCH3 is 1. The largest absolute Gasteiger partial charge is 0.496 e. The summed E-state index contributed by atoms with van der Waals surface area (Å²) >= 11 is 0. The third-order valence-electron chi connectivity index (χ3n) is 3.92. The van der Waals surface area contributed by atoms with Crippen molar-refractivity contribution in [1.29, 1.82) is 0 Å². The standard InChI is InChI=1S/C14H19NO2/c1-17-14-11(9-16)8-10-4-2-6-15-7-3-5-12(14)13(10)15/h8,16H,2-7,9H2,1H3. The molecule has 0 saturated carbocycles. The van der Waals surface area contributed by atoms with Gasteiger partial charge in [0.1, 0.15) is 5.75 Å². The smallest absolute Gasteiger partial charge is 0.129 e. The molecule has 0 unspecified atom stereocenters. The van der Waals surface area contributed by atoms with Gasteiger partial charge < -0.3 is 14.7 Å². The fraction of sp³-hybridized carbons (Fsp3) is 0.571. The molecular weight excluding hydrogens is 214 g/mol. The van der Waals surface area contributed by atoms with Gasteiger partial charge in [-0.05, 0) is 37.3 Å². The van der Waals surface area contributed by atoms with Gasteiger partial charge in [0, 0.05) is 29.9 Å². The first-order valence-corrected chi connectivity index (χ1v) is 6.42. The van der Waals surface area contributed by atoms with E-state index in [0.717, 1.165) is 24.2 Å². The van der Waals surface area contributed by atoms with Crippen molar-refractivity contribution in [3.63, 3.8) is 0 Å². The van der Waals surface area contributed by atoms with Crippen LogP contribution >= 0.6 is 0 Å². The van der Waals surface area contributed by atoms with Gasteiger partial charge in [-0.1, -0.05) is 0 Å². The van der Waals surface area contributed by atoms with Gasteiger partial charge in [-0.3, -0.25) is 0 Å². The second-order valence-corrected chi connectivity index (χ2v) is 4.91. The monoisotopic (exact) mass is 233 g/mol. The predicted molar refractivity (Wildman–Crippen MR) is 67.8 cm³/mol. The lowest BCUT2D eigenvalue weighted by molar-refractivity contribution is 0.273. The highest BCUT2D eigenvalue weighted by Gasteiger charge is 2.27. The zero-order chi connectivity index (χ0) is 11.8. The quantitative estimate of drug-likeness (QED) is 0.846. The van der Waals surface area contributed by atoms with Crippen LogP contribution in [0.2, 0.25) is 0 Å². The van der Waals surface area contributed by atoms with Crippen molar-refractivity contribution in [2.45, 2.75) is 32.3 Å². The lowest BCUT2D eigenvalue weighted by Gasteiger charge is -2.38.